The van der Waals surface area contributed by atoms with Crippen LogP contribution in [-0.2, 0) is 9.53 Å². The number of morpholine rings is 1. The van der Waals surface area contributed by atoms with Crippen molar-refractivity contribution in [3.63, 3.8) is 0 Å². The van der Waals surface area contributed by atoms with E-state index in [-0.39, 0.29) is 24.4 Å². The highest BCUT2D eigenvalue weighted by Gasteiger charge is 2.27. The van der Waals surface area contributed by atoms with Crippen LogP contribution in [0.25, 0.3) is 0 Å². The minimum absolute atomic E-state index is 0.00665. The van der Waals surface area contributed by atoms with Gasteiger partial charge in [-0.3, -0.25) is 4.79 Å². The third-order valence-electron chi connectivity index (χ3n) is 3.19. The van der Waals surface area contributed by atoms with Gasteiger partial charge in [0, 0.05) is 6.54 Å². The van der Waals surface area contributed by atoms with Crippen LogP contribution in [0.3, 0.4) is 0 Å². The molecule has 1 aromatic carbocycles. The van der Waals surface area contributed by atoms with Crippen LogP contribution >= 0.6 is 0 Å². The standard InChI is InChI=1S/C14H18FNO3/c1-3-6-16-8-13(19-9-14(16)17)10-4-5-11(15)12(7-10)18-2/h4-5,7,13H,3,6,8-9H2,1-2H3/t13-/m0/s1. The van der Waals surface area contributed by atoms with Crippen molar-refractivity contribution in [2.24, 2.45) is 0 Å². The number of halogens is 1. The summed E-state index contributed by atoms with van der Waals surface area (Å²) in [6, 6.07) is 4.65. The molecule has 0 saturated carbocycles. The lowest BCUT2D eigenvalue weighted by molar-refractivity contribution is -0.149. The van der Waals surface area contributed by atoms with E-state index >= 15 is 0 Å². The molecular weight excluding hydrogens is 249 g/mol. The van der Waals surface area contributed by atoms with E-state index < -0.39 is 5.82 Å². The lowest BCUT2D eigenvalue weighted by atomic mass is 10.1. The van der Waals surface area contributed by atoms with E-state index in [1.807, 2.05) is 6.92 Å². The monoisotopic (exact) mass is 267 g/mol. The summed E-state index contributed by atoms with van der Waals surface area (Å²) in [4.78, 5) is 13.4. The van der Waals surface area contributed by atoms with Crippen molar-refractivity contribution >= 4 is 5.91 Å². The third-order valence-corrected chi connectivity index (χ3v) is 3.19. The smallest absolute Gasteiger partial charge is 0.248 e. The van der Waals surface area contributed by atoms with E-state index in [9.17, 15) is 9.18 Å². The molecule has 0 bridgehead atoms. The van der Waals surface area contributed by atoms with Crippen LogP contribution in [0.5, 0.6) is 5.75 Å². The Morgan fingerprint density at radius 2 is 2.32 bits per heavy atom. The fourth-order valence-electron chi connectivity index (χ4n) is 2.18. The summed E-state index contributed by atoms with van der Waals surface area (Å²) >= 11 is 0. The van der Waals surface area contributed by atoms with Crippen molar-refractivity contribution in [1.82, 2.24) is 4.90 Å². The van der Waals surface area contributed by atoms with Crippen molar-refractivity contribution < 1.29 is 18.7 Å². The minimum atomic E-state index is -0.399. The third kappa shape index (κ3) is 3.04. The molecule has 1 aliphatic heterocycles. The molecule has 0 aliphatic carbocycles. The number of rotatable bonds is 4. The van der Waals surface area contributed by atoms with Crippen LogP contribution in [0.4, 0.5) is 4.39 Å². The lowest BCUT2D eigenvalue weighted by Crippen LogP contribution is -2.43. The summed E-state index contributed by atoms with van der Waals surface area (Å²) in [6.07, 6.45) is 0.685. The maximum Gasteiger partial charge on any atom is 0.248 e. The molecule has 0 unspecified atom stereocenters. The quantitative estimate of drug-likeness (QED) is 0.839. The number of amides is 1. The van der Waals surface area contributed by atoms with Gasteiger partial charge in [0.15, 0.2) is 11.6 Å². The zero-order valence-corrected chi connectivity index (χ0v) is 11.2. The SMILES string of the molecule is CCCN1C[C@@H](c2ccc(F)c(OC)c2)OCC1=O. The van der Waals surface area contributed by atoms with Crippen LogP contribution in [0, 0.1) is 5.82 Å². The normalized spacial score (nSPS) is 19.6. The van der Waals surface area contributed by atoms with E-state index in [2.05, 4.69) is 0 Å². The van der Waals surface area contributed by atoms with E-state index in [0.717, 1.165) is 18.5 Å². The summed E-state index contributed by atoms with van der Waals surface area (Å²) in [7, 11) is 1.43. The molecular formula is C14H18FNO3. The Morgan fingerprint density at radius 3 is 3.00 bits per heavy atom. The highest BCUT2D eigenvalue weighted by Crippen LogP contribution is 2.27. The predicted molar refractivity (Wildman–Crippen MR) is 68.5 cm³/mol. The van der Waals surface area contributed by atoms with Crippen LogP contribution in [0.15, 0.2) is 18.2 Å². The first kappa shape index (κ1) is 13.8. The van der Waals surface area contributed by atoms with Crippen molar-refractivity contribution in [1.29, 1.82) is 0 Å². The minimum Gasteiger partial charge on any atom is -0.494 e. The predicted octanol–water partition coefficient (Wildman–Crippen LogP) is 2.14. The van der Waals surface area contributed by atoms with Crippen LogP contribution < -0.4 is 4.74 Å². The highest BCUT2D eigenvalue weighted by molar-refractivity contribution is 5.78. The van der Waals surface area contributed by atoms with Gasteiger partial charge in [0.1, 0.15) is 12.7 Å². The van der Waals surface area contributed by atoms with E-state index in [1.165, 1.54) is 13.2 Å². The highest BCUT2D eigenvalue weighted by atomic mass is 19.1. The van der Waals surface area contributed by atoms with Gasteiger partial charge in [0.25, 0.3) is 0 Å². The van der Waals surface area contributed by atoms with Gasteiger partial charge in [0.2, 0.25) is 5.91 Å². The average molecular weight is 267 g/mol. The van der Waals surface area contributed by atoms with Gasteiger partial charge in [0.05, 0.1) is 13.7 Å². The molecule has 5 heteroatoms. The summed E-state index contributed by atoms with van der Waals surface area (Å²) < 4.78 is 23.9. The first-order valence-corrected chi connectivity index (χ1v) is 6.38. The molecule has 0 N–H and O–H groups in total. The molecule has 104 valence electrons. The topological polar surface area (TPSA) is 38.8 Å². The number of methoxy groups -OCH3 is 1. The Morgan fingerprint density at radius 1 is 1.53 bits per heavy atom. The molecule has 1 heterocycles. The Kier molecular flexibility index (Phi) is 4.37. The molecule has 4 nitrogen and oxygen atoms in total. The molecule has 0 radical (unpaired) electrons. The lowest BCUT2D eigenvalue weighted by Gasteiger charge is -2.32. The second-order valence-electron chi connectivity index (χ2n) is 4.53. The second-order valence-corrected chi connectivity index (χ2v) is 4.53. The van der Waals surface area contributed by atoms with Gasteiger partial charge in [-0.25, -0.2) is 4.39 Å². The number of hydrogen-bond acceptors (Lipinski definition) is 3. The number of nitrogens with zero attached hydrogens (tertiary/aromatic N) is 1. The Hall–Kier alpha value is -1.62. The van der Waals surface area contributed by atoms with Crippen molar-refractivity contribution in [3.05, 3.63) is 29.6 Å². The summed E-state index contributed by atoms with van der Waals surface area (Å²) in [5, 5.41) is 0. The van der Waals surface area contributed by atoms with Gasteiger partial charge >= 0.3 is 0 Å². The number of hydrogen-bond donors (Lipinski definition) is 0. The van der Waals surface area contributed by atoms with E-state index in [4.69, 9.17) is 9.47 Å². The first-order valence-electron chi connectivity index (χ1n) is 6.38. The average Bonchev–Trinajstić information content (AvgIpc) is 2.42. The molecule has 2 rings (SSSR count). The Balaban J connectivity index is 2.15. The molecule has 1 atom stereocenters. The van der Waals surface area contributed by atoms with E-state index in [0.29, 0.717) is 6.54 Å². The van der Waals surface area contributed by atoms with Gasteiger partial charge in [-0.1, -0.05) is 13.0 Å². The van der Waals surface area contributed by atoms with Crippen molar-refractivity contribution in [3.8, 4) is 5.75 Å². The van der Waals surface area contributed by atoms with Gasteiger partial charge in [-0.05, 0) is 24.1 Å². The number of ether oxygens (including phenoxy) is 2. The molecule has 0 spiro atoms. The maximum atomic E-state index is 13.4. The molecule has 1 saturated heterocycles. The molecule has 1 aromatic rings. The largest absolute Gasteiger partial charge is 0.494 e. The van der Waals surface area contributed by atoms with Crippen LogP contribution in [0.2, 0.25) is 0 Å². The zero-order chi connectivity index (χ0) is 13.8. The molecule has 1 fully saturated rings. The number of carbonyl (C=O) groups is 1. The molecule has 1 amide bonds. The Labute approximate surface area is 112 Å². The van der Waals surface area contributed by atoms with Crippen LogP contribution in [0.1, 0.15) is 25.0 Å². The van der Waals surface area contributed by atoms with Gasteiger partial charge in [-0.2, -0.15) is 0 Å². The van der Waals surface area contributed by atoms with Crippen molar-refractivity contribution in [2.75, 3.05) is 26.8 Å². The molecule has 1 aliphatic rings. The summed E-state index contributed by atoms with van der Waals surface area (Å²) in [5.74, 6) is -0.198. The number of benzene rings is 1. The maximum absolute atomic E-state index is 13.4. The van der Waals surface area contributed by atoms with Gasteiger partial charge < -0.3 is 14.4 Å². The zero-order valence-electron chi connectivity index (χ0n) is 11.2. The summed E-state index contributed by atoms with van der Waals surface area (Å²) in [5.41, 5.74) is 0.826. The van der Waals surface area contributed by atoms with Gasteiger partial charge in [-0.15, -0.1) is 0 Å². The fourth-order valence-corrected chi connectivity index (χ4v) is 2.18. The Bertz CT molecular complexity index is 464. The van der Waals surface area contributed by atoms with E-state index in [1.54, 1.807) is 17.0 Å². The van der Waals surface area contributed by atoms with Crippen molar-refractivity contribution in [2.45, 2.75) is 19.4 Å². The second kappa shape index (κ2) is 6.02. The number of carbonyl (C=O) groups excluding carboxylic acids is 1. The molecule has 19 heavy (non-hydrogen) atoms. The fraction of sp³-hybridized carbons (Fsp3) is 0.500. The van der Waals surface area contributed by atoms with Crippen LogP contribution in [-0.4, -0.2) is 37.6 Å². The first-order chi connectivity index (χ1) is 9.15. The summed E-state index contributed by atoms with van der Waals surface area (Å²) in [6.45, 7) is 3.32. The molecule has 0 aromatic heterocycles.